The van der Waals surface area contributed by atoms with Crippen LogP contribution >= 0.6 is 11.3 Å². The maximum atomic E-state index is 12.0. The van der Waals surface area contributed by atoms with Crippen LogP contribution in [0.1, 0.15) is 44.0 Å². The number of carbonyl (C=O) groups excluding carboxylic acids is 3. The van der Waals surface area contributed by atoms with Gasteiger partial charge in [-0.15, -0.1) is 11.3 Å². The lowest BCUT2D eigenvalue weighted by molar-refractivity contribution is -0.114. The van der Waals surface area contributed by atoms with Gasteiger partial charge in [-0.3, -0.25) is 9.59 Å². The number of aryl methyl sites for hydroxylation is 1. The number of rotatable bonds is 7. The fourth-order valence-corrected chi connectivity index (χ4v) is 3.84. The van der Waals surface area contributed by atoms with Crippen LogP contribution < -0.4 is 11.1 Å². The van der Waals surface area contributed by atoms with Gasteiger partial charge in [0.1, 0.15) is 5.69 Å². The second-order valence-electron chi connectivity index (χ2n) is 6.20. The molecule has 0 aliphatic heterocycles. The van der Waals surface area contributed by atoms with Gasteiger partial charge in [0, 0.05) is 17.9 Å². The minimum Gasteiger partial charge on any atom is -0.461 e. The molecular formula is C19H20N4O4S. The highest BCUT2D eigenvalue weighted by molar-refractivity contribution is 7.21. The Balaban J connectivity index is 1.79. The zero-order valence-electron chi connectivity index (χ0n) is 15.7. The molecule has 1 amide bonds. The zero-order chi connectivity index (χ0) is 20.4. The first-order valence-corrected chi connectivity index (χ1v) is 9.47. The summed E-state index contributed by atoms with van der Waals surface area (Å²) in [5.41, 5.74) is 9.66. The van der Waals surface area contributed by atoms with Gasteiger partial charge in [-0.05, 0) is 50.1 Å². The Bertz CT molecular complexity index is 1080. The van der Waals surface area contributed by atoms with Crippen LogP contribution in [0.5, 0.6) is 0 Å². The molecule has 0 fully saturated rings. The van der Waals surface area contributed by atoms with Crippen molar-refractivity contribution in [1.29, 1.82) is 0 Å². The van der Waals surface area contributed by atoms with Gasteiger partial charge in [-0.2, -0.15) is 0 Å². The number of carbonyl (C=O) groups is 3. The molecule has 0 spiro atoms. The number of primary amides is 1. The summed E-state index contributed by atoms with van der Waals surface area (Å²) in [6, 6.07) is 5.46. The van der Waals surface area contributed by atoms with Crippen LogP contribution in [0.4, 0.5) is 5.69 Å². The summed E-state index contributed by atoms with van der Waals surface area (Å²) in [4.78, 5) is 42.0. The molecule has 146 valence electrons. The van der Waals surface area contributed by atoms with E-state index in [0.29, 0.717) is 24.4 Å². The highest BCUT2D eigenvalue weighted by Crippen LogP contribution is 2.27. The maximum Gasteiger partial charge on any atom is 0.355 e. The third kappa shape index (κ3) is 3.74. The summed E-state index contributed by atoms with van der Waals surface area (Å²) >= 11 is 1.12. The number of esters is 1. The number of anilines is 1. The summed E-state index contributed by atoms with van der Waals surface area (Å²) in [6.45, 7) is 6.37. The monoisotopic (exact) mass is 400 g/mol. The summed E-state index contributed by atoms with van der Waals surface area (Å²) in [5.74, 6) is -2.18. The molecule has 8 nitrogen and oxygen atoms in total. The first-order valence-electron chi connectivity index (χ1n) is 8.65. The molecule has 3 rings (SSSR count). The third-order valence-electron chi connectivity index (χ3n) is 4.35. The van der Waals surface area contributed by atoms with Gasteiger partial charge in [0.05, 0.1) is 16.8 Å². The van der Waals surface area contributed by atoms with Crippen LogP contribution in [0, 0.1) is 13.8 Å². The average Bonchev–Trinajstić information content (AvgIpc) is 3.20. The van der Waals surface area contributed by atoms with Crippen LogP contribution in [0.15, 0.2) is 18.2 Å². The molecule has 1 aromatic carbocycles. The summed E-state index contributed by atoms with van der Waals surface area (Å²) in [7, 11) is 0. The van der Waals surface area contributed by atoms with Crippen molar-refractivity contribution in [3.63, 3.8) is 0 Å². The lowest BCUT2D eigenvalue weighted by Crippen LogP contribution is -2.22. The highest BCUT2D eigenvalue weighted by atomic mass is 32.1. The van der Waals surface area contributed by atoms with Crippen molar-refractivity contribution >= 4 is 44.9 Å². The van der Waals surface area contributed by atoms with E-state index in [9.17, 15) is 14.4 Å². The van der Waals surface area contributed by atoms with Gasteiger partial charge in [-0.25, -0.2) is 9.78 Å². The zero-order valence-corrected chi connectivity index (χ0v) is 16.5. The predicted octanol–water partition coefficient (Wildman–Crippen LogP) is 2.70. The van der Waals surface area contributed by atoms with Crippen LogP contribution in [-0.4, -0.2) is 34.2 Å². The van der Waals surface area contributed by atoms with E-state index in [1.807, 2.05) is 26.0 Å². The minimum atomic E-state index is -1.02. The Kier molecular flexibility index (Phi) is 5.46. The second kappa shape index (κ2) is 7.81. The lowest BCUT2D eigenvalue weighted by atomic mass is 10.1. The first kappa shape index (κ1) is 19.6. The molecule has 0 aliphatic carbocycles. The molecule has 0 aliphatic rings. The van der Waals surface area contributed by atoms with Crippen molar-refractivity contribution in [2.75, 3.05) is 11.9 Å². The number of nitrogens with two attached hydrogens (primary N) is 1. The molecule has 3 aromatic rings. The number of Topliss-reactive ketones (excluding diaryl/α,β-unsaturated/α-hetero) is 1. The van der Waals surface area contributed by atoms with Crippen molar-refractivity contribution in [1.82, 2.24) is 9.97 Å². The quantitative estimate of drug-likeness (QED) is 0.318. The van der Waals surface area contributed by atoms with Crippen LogP contribution in [0.25, 0.3) is 10.2 Å². The molecule has 0 bridgehead atoms. The predicted molar refractivity (Wildman–Crippen MR) is 107 cm³/mol. The molecule has 0 saturated heterocycles. The van der Waals surface area contributed by atoms with Crippen molar-refractivity contribution in [3.05, 3.63) is 45.7 Å². The molecule has 0 atom stereocenters. The second-order valence-corrected chi connectivity index (χ2v) is 7.23. The molecule has 0 saturated carbocycles. The minimum absolute atomic E-state index is 0.0797. The maximum absolute atomic E-state index is 12.0. The number of ketones is 1. The van der Waals surface area contributed by atoms with Gasteiger partial charge in [0.2, 0.25) is 0 Å². The van der Waals surface area contributed by atoms with Gasteiger partial charge in [0.25, 0.3) is 11.7 Å². The van der Waals surface area contributed by atoms with E-state index in [4.69, 9.17) is 10.5 Å². The average molecular weight is 400 g/mol. The van der Waals surface area contributed by atoms with Gasteiger partial charge in [0.15, 0.2) is 5.01 Å². The normalized spacial score (nSPS) is 10.8. The number of ether oxygens (including phenoxy) is 1. The van der Waals surface area contributed by atoms with Gasteiger partial charge < -0.3 is 20.8 Å². The van der Waals surface area contributed by atoms with Gasteiger partial charge in [-0.1, -0.05) is 0 Å². The third-order valence-corrected chi connectivity index (χ3v) is 5.37. The van der Waals surface area contributed by atoms with Crippen LogP contribution in [0.2, 0.25) is 0 Å². The van der Waals surface area contributed by atoms with Crippen LogP contribution in [0.3, 0.4) is 0 Å². The number of hydrogen-bond donors (Lipinski definition) is 3. The fraction of sp³-hybridized carbons (Fsp3) is 0.263. The smallest absolute Gasteiger partial charge is 0.355 e. The van der Waals surface area contributed by atoms with Crippen molar-refractivity contribution in [3.8, 4) is 0 Å². The Hall–Kier alpha value is -3.20. The standard InChI is InChI=1S/C19H20N4O4S/c1-4-27-19(26)15-9(2)12(10(3)22-15)8-21-11-5-6-13-14(7-11)28-18(23-13)16(24)17(20)25/h5-7,21-22H,4,8H2,1-3H3,(H2,20,25). The van der Waals surface area contributed by atoms with Crippen LogP contribution in [-0.2, 0) is 16.1 Å². The largest absolute Gasteiger partial charge is 0.461 e. The molecule has 2 heterocycles. The van der Waals surface area contributed by atoms with E-state index in [1.54, 1.807) is 13.0 Å². The van der Waals surface area contributed by atoms with E-state index in [0.717, 1.165) is 38.5 Å². The molecule has 4 N–H and O–H groups in total. The van der Waals surface area contributed by atoms with Gasteiger partial charge >= 0.3 is 5.97 Å². The number of fused-ring (bicyclic) bond motifs is 1. The number of nitrogens with zero attached hydrogens (tertiary/aromatic N) is 1. The Morgan fingerprint density at radius 1 is 1.29 bits per heavy atom. The van der Waals surface area contributed by atoms with Crippen molar-refractivity contribution in [2.24, 2.45) is 5.73 Å². The van der Waals surface area contributed by atoms with E-state index >= 15 is 0 Å². The summed E-state index contributed by atoms with van der Waals surface area (Å²) in [6.07, 6.45) is 0. The fourth-order valence-electron chi connectivity index (χ4n) is 2.89. The Labute approximate surface area is 165 Å². The molecule has 0 radical (unpaired) electrons. The molecule has 9 heteroatoms. The molecule has 0 unspecified atom stereocenters. The van der Waals surface area contributed by atoms with E-state index in [-0.39, 0.29) is 11.0 Å². The number of amides is 1. The van der Waals surface area contributed by atoms with Crippen molar-refractivity contribution < 1.29 is 19.1 Å². The first-order chi connectivity index (χ1) is 13.3. The van der Waals surface area contributed by atoms with E-state index < -0.39 is 11.7 Å². The summed E-state index contributed by atoms with van der Waals surface area (Å²) in [5, 5.41) is 3.39. The summed E-state index contributed by atoms with van der Waals surface area (Å²) < 4.78 is 5.84. The number of benzene rings is 1. The number of thiazole rings is 1. The van der Waals surface area contributed by atoms with E-state index in [1.165, 1.54) is 0 Å². The number of hydrogen-bond acceptors (Lipinski definition) is 7. The number of H-pyrrole nitrogens is 1. The Morgan fingerprint density at radius 3 is 2.71 bits per heavy atom. The number of aromatic nitrogens is 2. The topological polar surface area (TPSA) is 127 Å². The number of nitrogens with one attached hydrogen (secondary N) is 2. The Morgan fingerprint density at radius 2 is 2.04 bits per heavy atom. The molecule has 28 heavy (non-hydrogen) atoms. The lowest BCUT2D eigenvalue weighted by Gasteiger charge is -2.07. The number of aromatic amines is 1. The molecular weight excluding hydrogens is 380 g/mol. The molecule has 2 aromatic heterocycles. The van der Waals surface area contributed by atoms with Crippen molar-refractivity contribution in [2.45, 2.75) is 27.3 Å². The van der Waals surface area contributed by atoms with E-state index in [2.05, 4.69) is 15.3 Å². The SMILES string of the molecule is CCOC(=O)c1[nH]c(C)c(CNc2ccc3nc(C(=O)C(N)=O)sc3c2)c1C. The highest BCUT2D eigenvalue weighted by Gasteiger charge is 2.19.